The first-order chi connectivity index (χ1) is 11.4. The molecule has 1 heterocycles. The van der Waals surface area contributed by atoms with E-state index in [1.54, 1.807) is 0 Å². The fraction of sp³-hybridized carbons (Fsp3) is 0.357. The largest absolute Gasteiger partial charge is 0.366 e. The smallest absolute Gasteiger partial charge is 0.283 e. The molecule has 9 nitrogen and oxygen atoms in total. The van der Waals surface area contributed by atoms with Gasteiger partial charge in [-0.3, -0.25) is 14.9 Å². The van der Waals surface area contributed by atoms with Crippen molar-refractivity contribution in [2.75, 3.05) is 0 Å². The van der Waals surface area contributed by atoms with E-state index in [-0.39, 0.29) is 17.0 Å². The highest BCUT2D eigenvalue weighted by atomic mass is 32.2. The van der Waals surface area contributed by atoms with Gasteiger partial charge in [-0.2, -0.15) is 4.98 Å². The van der Waals surface area contributed by atoms with E-state index in [0.29, 0.717) is 16.6 Å². The first-order valence-electron chi connectivity index (χ1n) is 7.22. The Morgan fingerprint density at radius 3 is 2.79 bits per heavy atom. The van der Waals surface area contributed by atoms with Crippen LogP contribution in [0.2, 0.25) is 0 Å². The first-order valence-corrected chi connectivity index (χ1v) is 8.20. The number of amides is 1. The van der Waals surface area contributed by atoms with Gasteiger partial charge in [0, 0.05) is 11.6 Å². The van der Waals surface area contributed by atoms with Crippen LogP contribution in [0.5, 0.6) is 0 Å². The molecule has 2 aromatic rings. The van der Waals surface area contributed by atoms with Crippen LogP contribution in [0.25, 0.3) is 0 Å². The van der Waals surface area contributed by atoms with E-state index < -0.39 is 16.4 Å². The van der Waals surface area contributed by atoms with Gasteiger partial charge >= 0.3 is 0 Å². The van der Waals surface area contributed by atoms with Gasteiger partial charge in [0.05, 0.1) is 21.1 Å². The van der Waals surface area contributed by atoms with Gasteiger partial charge < -0.3 is 16.0 Å². The highest BCUT2D eigenvalue weighted by molar-refractivity contribution is 7.98. The van der Waals surface area contributed by atoms with Crippen molar-refractivity contribution in [3.05, 3.63) is 45.6 Å². The molecule has 10 heteroatoms. The third-order valence-corrected chi connectivity index (χ3v) is 5.00. The number of carbonyl (C=O) groups is 1. The zero-order chi connectivity index (χ0) is 17.3. The molecule has 0 aliphatic heterocycles. The van der Waals surface area contributed by atoms with Crippen LogP contribution in [0, 0.1) is 10.1 Å². The molecule has 1 aliphatic carbocycles. The SMILES string of the molecule is NC(=O)c1ccc(SCc2nc(C3(N)CCC3)no2)c([N+](=O)[O-])c1. The molecule has 0 unspecified atom stereocenters. The highest BCUT2D eigenvalue weighted by Crippen LogP contribution is 2.37. The van der Waals surface area contributed by atoms with Gasteiger partial charge in [0.15, 0.2) is 5.82 Å². The Labute approximate surface area is 140 Å². The summed E-state index contributed by atoms with van der Waals surface area (Å²) < 4.78 is 5.16. The van der Waals surface area contributed by atoms with Crippen LogP contribution in [0.15, 0.2) is 27.6 Å². The zero-order valence-corrected chi connectivity index (χ0v) is 13.4. The topological polar surface area (TPSA) is 151 Å². The molecule has 0 saturated heterocycles. The molecule has 0 spiro atoms. The molecule has 1 amide bonds. The van der Waals surface area contributed by atoms with Gasteiger partial charge in [-0.25, -0.2) is 0 Å². The number of nitro groups is 1. The van der Waals surface area contributed by atoms with Gasteiger partial charge in [-0.15, -0.1) is 11.8 Å². The molecule has 1 fully saturated rings. The van der Waals surface area contributed by atoms with Gasteiger partial charge in [0.1, 0.15) is 0 Å². The predicted octanol–water partition coefficient (Wildman–Crippen LogP) is 1.71. The van der Waals surface area contributed by atoms with E-state index >= 15 is 0 Å². The number of aromatic nitrogens is 2. The fourth-order valence-electron chi connectivity index (χ4n) is 2.37. The molecular weight excluding hydrogens is 334 g/mol. The standard InChI is InChI=1S/C14H15N5O4S/c15-12(20)8-2-3-10(9(6-8)19(21)22)24-7-11-17-13(18-23-11)14(16)4-1-5-14/h2-3,6H,1,4-5,7,16H2,(H2,15,20). The summed E-state index contributed by atoms with van der Waals surface area (Å²) in [7, 11) is 0. The predicted molar refractivity (Wildman–Crippen MR) is 85.2 cm³/mol. The van der Waals surface area contributed by atoms with Crippen molar-refractivity contribution in [3.63, 3.8) is 0 Å². The van der Waals surface area contributed by atoms with E-state index in [4.69, 9.17) is 16.0 Å². The summed E-state index contributed by atoms with van der Waals surface area (Å²) in [6.45, 7) is 0. The van der Waals surface area contributed by atoms with Gasteiger partial charge in [0.2, 0.25) is 11.8 Å². The van der Waals surface area contributed by atoms with Crippen molar-refractivity contribution >= 4 is 23.4 Å². The minimum absolute atomic E-state index is 0.0844. The lowest BCUT2D eigenvalue weighted by Crippen LogP contribution is -2.44. The van der Waals surface area contributed by atoms with Crippen LogP contribution in [-0.2, 0) is 11.3 Å². The molecule has 126 valence electrons. The first kappa shape index (κ1) is 16.4. The number of nitrogens with two attached hydrogens (primary N) is 2. The van der Waals surface area contributed by atoms with E-state index in [9.17, 15) is 14.9 Å². The monoisotopic (exact) mass is 349 g/mol. The molecule has 1 aromatic carbocycles. The summed E-state index contributed by atoms with van der Waals surface area (Å²) in [5, 5.41) is 15.1. The van der Waals surface area contributed by atoms with Crippen LogP contribution in [-0.4, -0.2) is 21.0 Å². The molecule has 1 saturated carbocycles. The summed E-state index contributed by atoms with van der Waals surface area (Å²) in [5.74, 6) is 0.368. The molecule has 24 heavy (non-hydrogen) atoms. The number of rotatable bonds is 6. The van der Waals surface area contributed by atoms with Crippen molar-refractivity contribution in [2.24, 2.45) is 11.5 Å². The summed E-state index contributed by atoms with van der Waals surface area (Å²) >= 11 is 1.17. The minimum atomic E-state index is -0.718. The lowest BCUT2D eigenvalue weighted by molar-refractivity contribution is -0.387. The van der Waals surface area contributed by atoms with E-state index in [1.807, 2.05) is 0 Å². The van der Waals surface area contributed by atoms with Crippen molar-refractivity contribution in [1.82, 2.24) is 10.1 Å². The number of thioether (sulfide) groups is 1. The summed E-state index contributed by atoms with van der Waals surface area (Å²) in [6.07, 6.45) is 2.67. The zero-order valence-electron chi connectivity index (χ0n) is 12.6. The van der Waals surface area contributed by atoms with Crippen molar-refractivity contribution in [2.45, 2.75) is 35.4 Å². The van der Waals surface area contributed by atoms with E-state index in [2.05, 4.69) is 10.1 Å². The maximum absolute atomic E-state index is 11.2. The molecular formula is C14H15N5O4S. The minimum Gasteiger partial charge on any atom is -0.366 e. The van der Waals surface area contributed by atoms with Gasteiger partial charge in [-0.1, -0.05) is 5.16 Å². The van der Waals surface area contributed by atoms with Crippen LogP contribution in [0.1, 0.15) is 41.3 Å². The average Bonchev–Trinajstić information content (AvgIpc) is 2.99. The van der Waals surface area contributed by atoms with Crippen LogP contribution < -0.4 is 11.5 Å². The van der Waals surface area contributed by atoms with Crippen LogP contribution >= 0.6 is 11.8 Å². The number of primary amides is 1. The maximum atomic E-state index is 11.2. The summed E-state index contributed by atoms with van der Waals surface area (Å²) in [4.78, 5) is 26.4. The number of nitro benzene ring substituents is 1. The second kappa shape index (κ2) is 6.21. The molecule has 1 aromatic heterocycles. The second-order valence-corrected chi connectivity index (χ2v) is 6.63. The third-order valence-electron chi connectivity index (χ3n) is 3.95. The normalized spacial score (nSPS) is 15.7. The number of carbonyl (C=O) groups excluding carboxylic acids is 1. The van der Waals surface area contributed by atoms with Crippen molar-refractivity contribution < 1.29 is 14.2 Å². The molecule has 3 rings (SSSR count). The number of benzene rings is 1. The van der Waals surface area contributed by atoms with Crippen LogP contribution in [0.3, 0.4) is 0 Å². The molecule has 0 radical (unpaired) electrons. The van der Waals surface area contributed by atoms with Gasteiger partial charge in [-0.05, 0) is 31.4 Å². The quantitative estimate of drug-likeness (QED) is 0.454. The summed E-state index contributed by atoms with van der Waals surface area (Å²) in [6, 6.07) is 4.09. The fourth-order valence-corrected chi connectivity index (χ4v) is 3.21. The third kappa shape index (κ3) is 3.10. The maximum Gasteiger partial charge on any atom is 0.283 e. The Morgan fingerprint density at radius 1 is 1.46 bits per heavy atom. The van der Waals surface area contributed by atoms with Crippen molar-refractivity contribution in [1.29, 1.82) is 0 Å². The second-order valence-electron chi connectivity index (χ2n) is 5.61. The Balaban J connectivity index is 1.74. The Morgan fingerprint density at radius 2 is 2.21 bits per heavy atom. The van der Waals surface area contributed by atoms with Crippen molar-refractivity contribution in [3.8, 4) is 0 Å². The average molecular weight is 349 g/mol. The van der Waals surface area contributed by atoms with E-state index in [1.165, 1.54) is 23.9 Å². The number of hydrogen-bond acceptors (Lipinski definition) is 8. The summed E-state index contributed by atoms with van der Waals surface area (Å²) in [5.41, 5.74) is 10.7. The molecule has 1 aliphatic rings. The number of nitrogens with zero attached hydrogens (tertiary/aromatic N) is 3. The molecule has 0 bridgehead atoms. The van der Waals surface area contributed by atoms with Gasteiger partial charge in [0.25, 0.3) is 5.69 Å². The molecule has 4 N–H and O–H groups in total. The lowest BCUT2D eigenvalue weighted by atomic mass is 9.77. The lowest BCUT2D eigenvalue weighted by Gasteiger charge is -2.34. The number of hydrogen-bond donors (Lipinski definition) is 2. The Kier molecular flexibility index (Phi) is 4.24. The van der Waals surface area contributed by atoms with Crippen LogP contribution in [0.4, 0.5) is 5.69 Å². The highest BCUT2D eigenvalue weighted by Gasteiger charge is 2.39. The molecule has 0 atom stereocenters. The van der Waals surface area contributed by atoms with E-state index in [0.717, 1.165) is 25.3 Å². The Hall–Kier alpha value is -2.46. The Bertz CT molecular complexity index is 802.